The standard InChI is InChI=1S/C16H15Cl2N5OS/c1-3-7-23-15(11-6-5-10(17)8-12(11)18)20-21-16(23)25-9-14-19-13(4-2)22-24-14/h3,5-6,8H,1,4,7,9H2,2H3. The predicted octanol–water partition coefficient (Wildman–Crippen LogP) is 4.68. The Labute approximate surface area is 159 Å². The molecule has 0 atom stereocenters. The number of benzene rings is 1. The van der Waals surface area contributed by atoms with Gasteiger partial charge in [-0.3, -0.25) is 4.57 Å². The van der Waals surface area contributed by atoms with Gasteiger partial charge in [0.15, 0.2) is 16.8 Å². The predicted molar refractivity (Wildman–Crippen MR) is 98.9 cm³/mol. The number of aryl methyl sites for hydroxylation is 1. The van der Waals surface area contributed by atoms with Crippen LogP contribution in [0.2, 0.25) is 10.0 Å². The largest absolute Gasteiger partial charge is 0.338 e. The molecule has 0 aliphatic heterocycles. The van der Waals surface area contributed by atoms with Crippen molar-refractivity contribution in [1.82, 2.24) is 24.9 Å². The lowest BCUT2D eigenvalue weighted by molar-refractivity contribution is 0.385. The number of halogens is 2. The van der Waals surface area contributed by atoms with E-state index in [0.717, 1.165) is 17.1 Å². The van der Waals surface area contributed by atoms with Crippen LogP contribution in [0.15, 0.2) is 40.5 Å². The molecule has 2 aromatic heterocycles. The Morgan fingerprint density at radius 2 is 2.16 bits per heavy atom. The Balaban J connectivity index is 1.87. The van der Waals surface area contributed by atoms with E-state index in [1.54, 1.807) is 18.2 Å². The molecule has 0 bridgehead atoms. The van der Waals surface area contributed by atoms with Gasteiger partial charge in [0.05, 0.1) is 10.8 Å². The minimum absolute atomic E-state index is 0.511. The molecule has 130 valence electrons. The number of hydrogen-bond donors (Lipinski definition) is 0. The fourth-order valence-corrected chi connectivity index (χ4v) is 3.46. The van der Waals surface area contributed by atoms with E-state index in [0.29, 0.717) is 39.9 Å². The van der Waals surface area contributed by atoms with E-state index in [1.807, 2.05) is 17.6 Å². The van der Waals surface area contributed by atoms with Crippen molar-refractivity contribution in [3.05, 3.63) is 52.6 Å². The maximum absolute atomic E-state index is 6.31. The summed E-state index contributed by atoms with van der Waals surface area (Å²) in [5.41, 5.74) is 0.762. The maximum atomic E-state index is 6.31. The van der Waals surface area contributed by atoms with Crippen LogP contribution in [0.25, 0.3) is 11.4 Å². The zero-order chi connectivity index (χ0) is 17.8. The smallest absolute Gasteiger partial charge is 0.237 e. The van der Waals surface area contributed by atoms with E-state index in [-0.39, 0.29) is 0 Å². The number of nitrogens with zero attached hydrogens (tertiary/aromatic N) is 5. The van der Waals surface area contributed by atoms with Gasteiger partial charge in [0.2, 0.25) is 5.89 Å². The van der Waals surface area contributed by atoms with Crippen LogP contribution in [0.4, 0.5) is 0 Å². The first-order chi connectivity index (χ1) is 12.1. The van der Waals surface area contributed by atoms with Crippen molar-refractivity contribution in [2.24, 2.45) is 0 Å². The topological polar surface area (TPSA) is 69.6 Å². The molecule has 0 aliphatic rings. The second-order valence-corrected chi connectivity index (χ2v) is 6.86. The lowest BCUT2D eigenvalue weighted by Gasteiger charge is -2.08. The van der Waals surface area contributed by atoms with Crippen molar-refractivity contribution in [3.63, 3.8) is 0 Å². The normalized spacial score (nSPS) is 11.0. The van der Waals surface area contributed by atoms with E-state index < -0.39 is 0 Å². The first-order valence-corrected chi connectivity index (χ1v) is 9.30. The Kier molecular flexibility index (Phi) is 5.78. The van der Waals surface area contributed by atoms with Gasteiger partial charge < -0.3 is 4.52 Å². The molecule has 0 saturated carbocycles. The number of allylic oxidation sites excluding steroid dienone is 1. The highest BCUT2D eigenvalue weighted by Crippen LogP contribution is 2.32. The van der Waals surface area contributed by atoms with Crippen LogP contribution >= 0.6 is 35.0 Å². The van der Waals surface area contributed by atoms with Gasteiger partial charge >= 0.3 is 0 Å². The molecule has 0 unspecified atom stereocenters. The van der Waals surface area contributed by atoms with Crippen LogP contribution in [0.5, 0.6) is 0 Å². The van der Waals surface area contributed by atoms with E-state index in [9.17, 15) is 0 Å². The molecule has 0 spiro atoms. The van der Waals surface area contributed by atoms with Gasteiger partial charge in [0, 0.05) is 23.6 Å². The molecule has 0 aliphatic carbocycles. The molecule has 25 heavy (non-hydrogen) atoms. The molecule has 0 N–H and O–H groups in total. The summed E-state index contributed by atoms with van der Waals surface area (Å²) >= 11 is 13.7. The number of hydrogen-bond acceptors (Lipinski definition) is 6. The molecular formula is C16H15Cl2N5OS. The van der Waals surface area contributed by atoms with Gasteiger partial charge in [-0.25, -0.2) is 0 Å². The molecule has 0 saturated heterocycles. The fourth-order valence-electron chi connectivity index (χ4n) is 2.18. The van der Waals surface area contributed by atoms with Crippen molar-refractivity contribution in [3.8, 4) is 11.4 Å². The zero-order valence-corrected chi connectivity index (χ0v) is 15.8. The lowest BCUT2D eigenvalue weighted by Crippen LogP contribution is -2.01. The van der Waals surface area contributed by atoms with Crippen molar-refractivity contribution in [1.29, 1.82) is 0 Å². The van der Waals surface area contributed by atoms with Crippen LogP contribution < -0.4 is 0 Å². The number of thioether (sulfide) groups is 1. The van der Waals surface area contributed by atoms with Gasteiger partial charge in [-0.2, -0.15) is 4.98 Å². The quantitative estimate of drug-likeness (QED) is 0.427. The zero-order valence-electron chi connectivity index (χ0n) is 13.4. The van der Waals surface area contributed by atoms with Crippen LogP contribution in [0.3, 0.4) is 0 Å². The number of rotatable bonds is 7. The van der Waals surface area contributed by atoms with Crippen molar-refractivity contribution in [2.45, 2.75) is 30.8 Å². The van der Waals surface area contributed by atoms with Gasteiger partial charge in [0.25, 0.3) is 0 Å². The Bertz CT molecular complexity index is 893. The Morgan fingerprint density at radius 1 is 1.32 bits per heavy atom. The third-order valence-corrected chi connectivity index (χ3v) is 4.85. The van der Waals surface area contributed by atoms with Crippen molar-refractivity contribution in [2.75, 3.05) is 0 Å². The van der Waals surface area contributed by atoms with Crippen LogP contribution in [-0.2, 0) is 18.7 Å². The van der Waals surface area contributed by atoms with E-state index in [1.165, 1.54) is 11.8 Å². The molecule has 3 rings (SSSR count). The highest BCUT2D eigenvalue weighted by Gasteiger charge is 2.17. The molecule has 2 heterocycles. The molecular weight excluding hydrogens is 381 g/mol. The maximum Gasteiger partial charge on any atom is 0.237 e. The van der Waals surface area contributed by atoms with Gasteiger partial charge in [0.1, 0.15) is 0 Å². The second kappa shape index (κ2) is 8.03. The van der Waals surface area contributed by atoms with Gasteiger partial charge in [-0.15, -0.1) is 16.8 Å². The third kappa shape index (κ3) is 4.05. The minimum atomic E-state index is 0.511. The summed E-state index contributed by atoms with van der Waals surface area (Å²) < 4.78 is 7.14. The third-order valence-electron chi connectivity index (χ3n) is 3.35. The minimum Gasteiger partial charge on any atom is -0.338 e. The summed E-state index contributed by atoms with van der Waals surface area (Å²) in [5, 5.41) is 14.2. The monoisotopic (exact) mass is 395 g/mol. The van der Waals surface area contributed by atoms with E-state index >= 15 is 0 Å². The Hall–Kier alpha value is -1.83. The summed E-state index contributed by atoms with van der Waals surface area (Å²) in [6, 6.07) is 5.28. The molecule has 9 heteroatoms. The lowest BCUT2D eigenvalue weighted by atomic mass is 10.2. The van der Waals surface area contributed by atoms with Crippen LogP contribution in [0.1, 0.15) is 18.6 Å². The first kappa shape index (κ1) is 18.0. The highest BCUT2D eigenvalue weighted by atomic mass is 35.5. The highest BCUT2D eigenvalue weighted by molar-refractivity contribution is 7.98. The molecule has 3 aromatic rings. The molecule has 0 amide bonds. The summed E-state index contributed by atoms with van der Waals surface area (Å²) in [6.45, 7) is 6.33. The summed E-state index contributed by atoms with van der Waals surface area (Å²) in [6.07, 6.45) is 2.52. The average Bonchev–Trinajstić information content (AvgIpc) is 3.20. The molecule has 6 nitrogen and oxygen atoms in total. The van der Waals surface area contributed by atoms with Crippen molar-refractivity contribution < 1.29 is 4.52 Å². The molecule has 1 aromatic carbocycles. The van der Waals surface area contributed by atoms with E-state index in [4.69, 9.17) is 27.7 Å². The van der Waals surface area contributed by atoms with Gasteiger partial charge in [-0.1, -0.05) is 53.1 Å². The summed E-state index contributed by atoms with van der Waals surface area (Å²) in [4.78, 5) is 4.30. The first-order valence-electron chi connectivity index (χ1n) is 7.56. The van der Waals surface area contributed by atoms with Crippen molar-refractivity contribution >= 4 is 35.0 Å². The van der Waals surface area contributed by atoms with Crippen LogP contribution in [0, 0.1) is 0 Å². The van der Waals surface area contributed by atoms with Crippen LogP contribution in [-0.4, -0.2) is 24.9 Å². The Morgan fingerprint density at radius 3 is 2.84 bits per heavy atom. The van der Waals surface area contributed by atoms with Gasteiger partial charge in [-0.05, 0) is 18.2 Å². The molecule has 0 fully saturated rings. The number of aromatic nitrogens is 5. The summed E-state index contributed by atoms with van der Waals surface area (Å²) in [7, 11) is 0. The summed E-state index contributed by atoms with van der Waals surface area (Å²) in [5.74, 6) is 2.41. The fraction of sp³-hybridized carbons (Fsp3) is 0.250. The van der Waals surface area contributed by atoms with E-state index in [2.05, 4.69) is 26.9 Å². The SMILES string of the molecule is C=CCn1c(SCc2nc(CC)no2)nnc1-c1ccc(Cl)cc1Cl. The average molecular weight is 396 g/mol. The molecule has 0 radical (unpaired) electrons. The second-order valence-electron chi connectivity index (χ2n) is 5.08.